The number of ether oxygens (including phenoxy) is 1. The van der Waals surface area contributed by atoms with Crippen molar-refractivity contribution in [3.63, 3.8) is 0 Å². The van der Waals surface area contributed by atoms with Crippen LogP contribution in [0.4, 0.5) is 0 Å². The van der Waals surface area contributed by atoms with E-state index in [0.29, 0.717) is 32.2 Å². The van der Waals surface area contributed by atoms with Crippen molar-refractivity contribution in [3.05, 3.63) is 35.9 Å². The van der Waals surface area contributed by atoms with Crippen molar-refractivity contribution in [2.45, 2.75) is 13.0 Å². The summed E-state index contributed by atoms with van der Waals surface area (Å²) in [4.78, 5) is 0. The molecule has 100 valence electrons. The molecule has 0 saturated carbocycles. The summed E-state index contributed by atoms with van der Waals surface area (Å²) in [5.74, 6) is 0.323. The summed E-state index contributed by atoms with van der Waals surface area (Å²) in [6, 6.07) is 10.00. The van der Waals surface area contributed by atoms with Gasteiger partial charge in [0.05, 0.1) is 19.5 Å². The summed E-state index contributed by atoms with van der Waals surface area (Å²) < 4.78 is 29.9. The number of benzene rings is 1. The maximum atomic E-state index is 11.4. The second-order valence-electron chi connectivity index (χ2n) is 4.78. The number of nitrogens with zero attached hydrogens (tertiary/aromatic N) is 1. The van der Waals surface area contributed by atoms with Gasteiger partial charge in [-0.05, 0) is 17.9 Å². The van der Waals surface area contributed by atoms with Gasteiger partial charge in [0.2, 0.25) is 10.0 Å². The van der Waals surface area contributed by atoms with Crippen LogP contribution >= 0.6 is 0 Å². The summed E-state index contributed by atoms with van der Waals surface area (Å²) in [6.07, 6.45) is 2.15. The van der Waals surface area contributed by atoms with E-state index >= 15 is 0 Å². The van der Waals surface area contributed by atoms with Gasteiger partial charge < -0.3 is 4.74 Å². The summed E-state index contributed by atoms with van der Waals surface area (Å²) in [7, 11) is -3.03. The third kappa shape index (κ3) is 3.80. The fraction of sp³-hybridized carbons (Fsp3) is 0.538. The molecule has 1 saturated heterocycles. The maximum Gasteiger partial charge on any atom is 0.211 e. The standard InChI is InChI=1S/C13H19NO3S/c1-18(15,16)14-8-7-13(9-14)11-17-10-12-5-3-2-4-6-12/h2-6,13H,7-11H2,1H3. The van der Waals surface area contributed by atoms with Crippen molar-refractivity contribution in [2.75, 3.05) is 26.0 Å². The Labute approximate surface area is 109 Å². The fourth-order valence-electron chi connectivity index (χ4n) is 2.15. The van der Waals surface area contributed by atoms with E-state index in [9.17, 15) is 8.42 Å². The molecule has 0 aromatic heterocycles. The van der Waals surface area contributed by atoms with E-state index in [4.69, 9.17) is 4.74 Å². The molecule has 1 aromatic rings. The van der Waals surface area contributed by atoms with Crippen molar-refractivity contribution in [2.24, 2.45) is 5.92 Å². The molecule has 1 aliphatic rings. The molecule has 5 heteroatoms. The summed E-state index contributed by atoms with van der Waals surface area (Å²) in [5, 5.41) is 0. The van der Waals surface area contributed by atoms with Crippen LogP contribution in [0.15, 0.2) is 30.3 Å². The van der Waals surface area contributed by atoms with Gasteiger partial charge >= 0.3 is 0 Å². The molecule has 0 aliphatic carbocycles. The monoisotopic (exact) mass is 269 g/mol. The van der Waals surface area contributed by atoms with E-state index in [2.05, 4.69) is 0 Å². The molecule has 1 atom stereocenters. The Balaban J connectivity index is 1.73. The van der Waals surface area contributed by atoms with Crippen LogP contribution in [0.1, 0.15) is 12.0 Å². The van der Waals surface area contributed by atoms with Crippen LogP contribution in [-0.2, 0) is 21.4 Å². The number of hydrogen-bond donors (Lipinski definition) is 0. The Hall–Kier alpha value is -0.910. The number of hydrogen-bond acceptors (Lipinski definition) is 3. The highest BCUT2D eigenvalue weighted by Gasteiger charge is 2.28. The highest BCUT2D eigenvalue weighted by Crippen LogP contribution is 2.19. The van der Waals surface area contributed by atoms with Crippen molar-refractivity contribution >= 4 is 10.0 Å². The average Bonchev–Trinajstić information content (AvgIpc) is 2.79. The first-order valence-corrected chi connectivity index (χ1v) is 7.97. The molecule has 0 spiro atoms. The first-order chi connectivity index (χ1) is 8.55. The van der Waals surface area contributed by atoms with Crippen molar-refractivity contribution in [1.29, 1.82) is 0 Å². The van der Waals surface area contributed by atoms with E-state index < -0.39 is 10.0 Å². The van der Waals surface area contributed by atoms with Gasteiger partial charge in [0.15, 0.2) is 0 Å². The van der Waals surface area contributed by atoms with Gasteiger partial charge in [-0.25, -0.2) is 12.7 Å². The van der Waals surface area contributed by atoms with E-state index in [1.165, 1.54) is 10.6 Å². The second kappa shape index (κ2) is 5.82. The molecular weight excluding hydrogens is 250 g/mol. The van der Waals surface area contributed by atoms with Crippen LogP contribution in [0.2, 0.25) is 0 Å². The normalized spacial score (nSPS) is 21.3. The van der Waals surface area contributed by atoms with Gasteiger partial charge in [-0.1, -0.05) is 30.3 Å². The molecule has 4 nitrogen and oxygen atoms in total. The highest BCUT2D eigenvalue weighted by molar-refractivity contribution is 7.88. The van der Waals surface area contributed by atoms with E-state index in [0.717, 1.165) is 12.0 Å². The topological polar surface area (TPSA) is 46.6 Å². The number of sulfonamides is 1. The van der Waals surface area contributed by atoms with Crippen LogP contribution in [-0.4, -0.2) is 38.7 Å². The molecule has 18 heavy (non-hydrogen) atoms. The molecule has 1 fully saturated rings. The Morgan fingerprint density at radius 3 is 2.67 bits per heavy atom. The SMILES string of the molecule is CS(=O)(=O)N1CCC(COCc2ccccc2)C1. The zero-order chi connectivity index (χ0) is 13.0. The first-order valence-electron chi connectivity index (χ1n) is 6.12. The summed E-state index contributed by atoms with van der Waals surface area (Å²) >= 11 is 0. The Kier molecular flexibility index (Phi) is 4.37. The van der Waals surface area contributed by atoms with Gasteiger partial charge in [0, 0.05) is 13.1 Å². The van der Waals surface area contributed by atoms with Crippen LogP contribution in [0.5, 0.6) is 0 Å². The van der Waals surface area contributed by atoms with E-state index in [-0.39, 0.29) is 0 Å². The molecular formula is C13H19NO3S. The highest BCUT2D eigenvalue weighted by atomic mass is 32.2. The zero-order valence-corrected chi connectivity index (χ0v) is 11.4. The van der Waals surface area contributed by atoms with Gasteiger partial charge in [-0.3, -0.25) is 0 Å². The Bertz CT molecular complexity index is 472. The summed E-state index contributed by atoms with van der Waals surface area (Å²) in [6.45, 7) is 2.43. The molecule has 1 aromatic carbocycles. The minimum atomic E-state index is -3.03. The number of rotatable bonds is 5. The second-order valence-corrected chi connectivity index (χ2v) is 6.76. The largest absolute Gasteiger partial charge is 0.376 e. The molecule has 0 bridgehead atoms. The minimum Gasteiger partial charge on any atom is -0.376 e. The zero-order valence-electron chi connectivity index (χ0n) is 10.6. The van der Waals surface area contributed by atoms with Gasteiger partial charge in [-0.2, -0.15) is 0 Å². The lowest BCUT2D eigenvalue weighted by Crippen LogP contribution is -2.28. The molecule has 1 aliphatic heterocycles. The first kappa shape index (κ1) is 13.5. The van der Waals surface area contributed by atoms with E-state index in [1.807, 2.05) is 30.3 Å². The Morgan fingerprint density at radius 1 is 1.33 bits per heavy atom. The Morgan fingerprint density at radius 2 is 2.06 bits per heavy atom. The lowest BCUT2D eigenvalue weighted by Gasteiger charge is -2.13. The van der Waals surface area contributed by atoms with Crippen molar-refractivity contribution < 1.29 is 13.2 Å². The molecule has 2 rings (SSSR count). The molecule has 0 amide bonds. The smallest absolute Gasteiger partial charge is 0.211 e. The van der Waals surface area contributed by atoms with Crippen LogP contribution in [0, 0.1) is 5.92 Å². The lowest BCUT2D eigenvalue weighted by atomic mass is 10.1. The molecule has 1 unspecified atom stereocenters. The lowest BCUT2D eigenvalue weighted by molar-refractivity contribution is 0.0910. The predicted molar refractivity (Wildman–Crippen MR) is 70.6 cm³/mol. The third-order valence-electron chi connectivity index (χ3n) is 3.18. The van der Waals surface area contributed by atoms with Crippen LogP contribution < -0.4 is 0 Å². The predicted octanol–water partition coefficient (Wildman–Crippen LogP) is 1.48. The fourth-order valence-corrected chi connectivity index (χ4v) is 3.07. The average molecular weight is 269 g/mol. The molecule has 0 N–H and O–H groups in total. The maximum absolute atomic E-state index is 11.4. The van der Waals surface area contributed by atoms with Crippen molar-refractivity contribution in [1.82, 2.24) is 4.31 Å². The van der Waals surface area contributed by atoms with Crippen molar-refractivity contribution in [3.8, 4) is 0 Å². The van der Waals surface area contributed by atoms with Crippen LogP contribution in [0.3, 0.4) is 0 Å². The third-order valence-corrected chi connectivity index (χ3v) is 4.45. The van der Waals surface area contributed by atoms with Gasteiger partial charge in [0.1, 0.15) is 0 Å². The molecule has 1 heterocycles. The summed E-state index contributed by atoms with van der Waals surface area (Å²) in [5.41, 5.74) is 1.15. The molecule has 0 radical (unpaired) electrons. The van der Waals surface area contributed by atoms with Gasteiger partial charge in [-0.15, -0.1) is 0 Å². The quantitative estimate of drug-likeness (QED) is 0.813. The van der Waals surface area contributed by atoms with E-state index in [1.54, 1.807) is 0 Å². The van der Waals surface area contributed by atoms with Crippen LogP contribution in [0.25, 0.3) is 0 Å². The van der Waals surface area contributed by atoms with Gasteiger partial charge in [0.25, 0.3) is 0 Å². The minimum absolute atomic E-state index is 0.323.